The Morgan fingerprint density at radius 3 is 2.05 bits per heavy atom. The number of carboxylic acids is 1. The minimum Gasteiger partial charge on any atom is -0.478 e. The molecule has 1 heterocycles. The van der Waals surface area contributed by atoms with Gasteiger partial charge in [0.2, 0.25) is 0 Å². The zero-order valence-corrected chi connectivity index (χ0v) is 13.7. The molecule has 0 spiro atoms. The summed E-state index contributed by atoms with van der Waals surface area (Å²) in [7, 11) is 0. The Morgan fingerprint density at radius 2 is 1.64 bits per heavy atom. The van der Waals surface area contributed by atoms with E-state index < -0.39 is 5.97 Å². The summed E-state index contributed by atoms with van der Waals surface area (Å²) in [6.45, 7) is 10.3. The van der Waals surface area contributed by atoms with Crippen LogP contribution in [0.4, 0.5) is 0 Å². The van der Waals surface area contributed by atoms with Crippen molar-refractivity contribution in [1.82, 2.24) is 4.57 Å². The fraction of sp³-hybridized carbons (Fsp3) is 0.333. The highest BCUT2D eigenvalue weighted by Crippen LogP contribution is 2.25. The van der Waals surface area contributed by atoms with Crippen LogP contribution in [0.1, 0.15) is 54.4 Å². The Hall–Kier alpha value is -2.36. The van der Waals surface area contributed by atoms with Gasteiger partial charge in [0.25, 0.3) is 0 Å². The van der Waals surface area contributed by atoms with Crippen LogP contribution in [0.2, 0.25) is 0 Å². The van der Waals surface area contributed by atoms with E-state index in [0.717, 1.165) is 0 Å². The number of aldehydes is 1. The maximum absolute atomic E-state index is 11.4. The molecule has 4 heteroatoms. The third kappa shape index (κ3) is 2.56. The summed E-state index contributed by atoms with van der Waals surface area (Å²) < 4.78 is 1.91. The second kappa shape index (κ2) is 5.79. The van der Waals surface area contributed by atoms with Crippen molar-refractivity contribution < 1.29 is 14.7 Å². The first kappa shape index (κ1) is 16.0. The molecule has 0 aliphatic rings. The molecule has 1 aromatic heterocycles. The van der Waals surface area contributed by atoms with Crippen LogP contribution >= 0.6 is 0 Å². The molecule has 1 aromatic carbocycles. The summed E-state index contributed by atoms with van der Waals surface area (Å²) in [4.78, 5) is 22.7. The highest BCUT2D eigenvalue weighted by Gasteiger charge is 2.22. The van der Waals surface area contributed by atoms with Crippen LogP contribution in [0.15, 0.2) is 12.1 Å². The molecule has 22 heavy (non-hydrogen) atoms. The van der Waals surface area contributed by atoms with Crippen molar-refractivity contribution >= 4 is 12.3 Å². The van der Waals surface area contributed by atoms with Crippen molar-refractivity contribution in [3.63, 3.8) is 0 Å². The number of hydrogen-bond donors (Lipinski definition) is 1. The van der Waals surface area contributed by atoms with Crippen LogP contribution in [0, 0.1) is 34.6 Å². The van der Waals surface area contributed by atoms with Gasteiger partial charge in [-0.15, -0.1) is 0 Å². The molecule has 2 aromatic rings. The number of carbonyl (C=O) groups excluding carboxylic acids is 1. The predicted molar refractivity (Wildman–Crippen MR) is 86.0 cm³/mol. The van der Waals surface area contributed by atoms with Gasteiger partial charge in [0.1, 0.15) is 0 Å². The van der Waals surface area contributed by atoms with Gasteiger partial charge in [-0.1, -0.05) is 17.7 Å². The average molecular weight is 299 g/mol. The van der Waals surface area contributed by atoms with Crippen molar-refractivity contribution in [2.45, 2.75) is 41.2 Å². The summed E-state index contributed by atoms with van der Waals surface area (Å²) in [6, 6.07) is 4.24. The average Bonchev–Trinajstić information content (AvgIpc) is 2.65. The van der Waals surface area contributed by atoms with E-state index in [9.17, 15) is 14.7 Å². The standard InChI is InChI=1S/C18H21NO3/c1-10-6-11(2)15(12(3)7-10)8-19-13(4)16(9-20)17(14(19)5)18(21)22/h6-7,9H,8H2,1-5H3,(H,21,22). The zero-order valence-electron chi connectivity index (χ0n) is 13.7. The molecule has 0 amide bonds. The number of nitrogens with zero attached hydrogens (tertiary/aromatic N) is 1. The number of carboxylic acid groups (broad SMARTS) is 1. The van der Waals surface area contributed by atoms with E-state index >= 15 is 0 Å². The van der Waals surface area contributed by atoms with Gasteiger partial charge in [-0.3, -0.25) is 4.79 Å². The van der Waals surface area contributed by atoms with Crippen molar-refractivity contribution in [1.29, 1.82) is 0 Å². The molecule has 0 saturated heterocycles. The lowest BCUT2D eigenvalue weighted by Gasteiger charge is -2.15. The van der Waals surface area contributed by atoms with E-state index in [4.69, 9.17) is 0 Å². The molecular weight excluding hydrogens is 278 g/mol. The van der Waals surface area contributed by atoms with Gasteiger partial charge >= 0.3 is 5.97 Å². The van der Waals surface area contributed by atoms with E-state index in [-0.39, 0.29) is 11.1 Å². The molecule has 2 rings (SSSR count). The van der Waals surface area contributed by atoms with Gasteiger partial charge in [0, 0.05) is 23.5 Å². The summed E-state index contributed by atoms with van der Waals surface area (Å²) in [5.74, 6) is -1.06. The van der Waals surface area contributed by atoms with Gasteiger partial charge in [0.05, 0.1) is 5.56 Å². The number of benzene rings is 1. The fourth-order valence-corrected chi connectivity index (χ4v) is 3.18. The van der Waals surface area contributed by atoms with Crippen LogP contribution in [-0.2, 0) is 6.54 Å². The number of aromatic carboxylic acids is 1. The molecular formula is C18H21NO3. The predicted octanol–water partition coefficient (Wildman–Crippen LogP) is 3.59. The Labute approximate surface area is 130 Å². The summed E-state index contributed by atoms with van der Waals surface area (Å²) in [5, 5.41) is 9.35. The van der Waals surface area contributed by atoms with Gasteiger partial charge < -0.3 is 9.67 Å². The lowest BCUT2D eigenvalue weighted by atomic mass is 9.99. The van der Waals surface area contributed by atoms with Gasteiger partial charge in [-0.25, -0.2) is 4.79 Å². The quantitative estimate of drug-likeness (QED) is 0.878. The van der Waals surface area contributed by atoms with Gasteiger partial charge in [-0.2, -0.15) is 0 Å². The van der Waals surface area contributed by atoms with Crippen molar-refractivity contribution in [2.24, 2.45) is 0 Å². The maximum Gasteiger partial charge on any atom is 0.338 e. The zero-order chi connectivity index (χ0) is 16.6. The Bertz CT molecular complexity index is 746. The largest absolute Gasteiger partial charge is 0.478 e. The first-order valence-corrected chi connectivity index (χ1v) is 7.22. The van der Waals surface area contributed by atoms with Crippen LogP contribution < -0.4 is 0 Å². The number of aromatic nitrogens is 1. The highest BCUT2D eigenvalue weighted by atomic mass is 16.4. The molecule has 0 saturated carbocycles. The second-order valence-corrected chi connectivity index (χ2v) is 5.85. The van der Waals surface area contributed by atoms with Crippen molar-refractivity contribution in [3.8, 4) is 0 Å². The minimum absolute atomic E-state index is 0.106. The Kier molecular flexibility index (Phi) is 4.22. The highest BCUT2D eigenvalue weighted by molar-refractivity contribution is 5.99. The molecule has 0 unspecified atom stereocenters. The molecule has 4 nitrogen and oxygen atoms in total. The molecule has 1 N–H and O–H groups in total. The molecule has 0 aliphatic carbocycles. The van der Waals surface area contributed by atoms with E-state index in [2.05, 4.69) is 32.9 Å². The fourth-order valence-electron chi connectivity index (χ4n) is 3.18. The van der Waals surface area contributed by atoms with E-state index in [1.54, 1.807) is 13.8 Å². The third-order valence-electron chi connectivity index (χ3n) is 4.32. The van der Waals surface area contributed by atoms with E-state index in [1.165, 1.54) is 22.3 Å². The number of carbonyl (C=O) groups is 2. The van der Waals surface area contributed by atoms with E-state index in [0.29, 0.717) is 24.2 Å². The van der Waals surface area contributed by atoms with Crippen molar-refractivity contribution in [3.05, 3.63) is 56.9 Å². The summed E-state index contributed by atoms with van der Waals surface area (Å²) >= 11 is 0. The lowest BCUT2D eigenvalue weighted by molar-refractivity contribution is 0.0693. The number of aryl methyl sites for hydroxylation is 3. The molecule has 116 valence electrons. The molecule has 0 bridgehead atoms. The Morgan fingerprint density at radius 1 is 1.09 bits per heavy atom. The SMILES string of the molecule is Cc1cc(C)c(Cn2c(C)c(C=O)c(C(=O)O)c2C)c(C)c1. The maximum atomic E-state index is 11.4. The third-order valence-corrected chi connectivity index (χ3v) is 4.32. The summed E-state index contributed by atoms with van der Waals surface area (Å²) in [6.07, 6.45) is 0.636. The lowest BCUT2D eigenvalue weighted by Crippen LogP contribution is -2.08. The second-order valence-electron chi connectivity index (χ2n) is 5.85. The minimum atomic E-state index is -1.06. The van der Waals surface area contributed by atoms with Crippen LogP contribution in [0.3, 0.4) is 0 Å². The van der Waals surface area contributed by atoms with E-state index in [1.807, 2.05) is 4.57 Å². The van der Waals surface area contributed by atoms with Gasteiger partial charge in [-0.05, 0) is 51.3 Å². The first-order chi connectivity index (χ1) is 10.3. The van der Waals surface area contributed by atoms with Crippen LogP contribution in [0.25, 0.3) is 0 Å². The molecule has 0 aliphatic heterocycles. The topological polar surface area (TPSA) is 59.3 Å². The van der Waals surface area contributed by atoms with Gasteiger partial charge in [0.15, 0.2) is 6.29 Å². The Balaban J connectivity index is 2.61. The first-order valence-electron chi connectivity index (χ1n) is 7.22. The monoisotopic (exact) mass is 299 g/mol. The number of hydrogen-bond acceptors (Lipinski definition) is 2. The van der Waals surface area contributed by atoms with Crippen molar-refractivity contribution in [2.75, 3.05) is 0 Å². The molecule has 0 atom stereocenters. The normalized spacial score (nSPS) is 10.8. The smallest absolute Gasteiger partial charge is 0.338 e. The molecule has 0 radical (unpaired) electrons. The molecule has 0 fully saturated rings. The number of rotatable bonds is 4. The van der Waals surface area contributed by atoms with Crippen LogP contribution in [-0.4, -0.2) is 21.9 Å². The summed E-state index contributed by atoms with van der Waals surface area (Å²) in [5.41, 5.74) is 6.42. The van der Waals surface area contributed by atoms with Crippen LogP contribution in [0.5, 0.6) is 0 Å².